The van der Waals surface area contributed by atoms with Crippen molar-refractivity contribution in [3.05, 3.63) is 30.1 Å². The Morgan fingerprint density at radius 2 is 2.31 bits per heavy atom. The number of nitrogens with one attached hydrogen (secondary N) is 1. The van der Waals surface area contributed by atoms with Gasteiger partial charge in [-0.1, -0.05) is 0 Å². The summed E-state index contributed by atoms with van der Waals surface area (Å²) in [6.07, 6.45) is 3.93. The fourth-order valence-electron chi connectivity index (χ4n) is 1.99. The van der Waals surface area contributed by atoms with Crippen molar-refractivity contribution in [2.24, 2.45) is 0 Å². The van der Waals surface area contributed by atoms with E-state index in [2.05, 4.69) is 17.2 Å². The molecule has 1 fully saturated rings. The third-order valence-corrected chi connectivity index (χ3v) is 2.93. The van der Waals surface area contributed by atoms with E-state index in [9.17, 15) is 4.79 Å². The number of nitrogens with zero attached hydrogens (tertiary/aromatic N) is 2. The van der Waals surface area contributed by atoms with Crippen molar-refractivity contribution in [3.8, 4) is 0 Å². The van der Waals surface area contributed by atoms with Crippen LogP contribution in [0, 0.1) is 0 Å². The highest BCUT2D eigenvalue weighted by molar-refractivity contribution is 5.79. The van der Waals surface area contributed by atoms with Crippen LogP contribution in [-0.4, -0.2) is 41.5 Å². The van der Waals surface area contributed by atoms with E-state index < -0.39 is 0 Å². The van der Waals surface area contributed by atoms with E-state index in [1.165, 1.54) is 0 Å². The maximum atomic E-state index is 12.1. The molecule has 1 amide bonds. The largest absolute Gasteiger partial charge is 0.337 e. The van der Waals surface area contributed by atoms with E-state index in [-0.39, 0.29) is 5.91 Å². The number of amides is 1. The predicted octanol–water partition coefficient (Wildman–Crippen LogP) is 0.444. The zero-order valence-electron chi connectivity index (χ0n) is 9.52. The number of carbonyl (C=O) groups is 1. The molecule has 1 aromatic rings. The highest BCUT2D eigenvalue weighted by Gasteiger charge is 2.22. The number of aromatic nitrogens is 1. The van der Waals surface area contributed by atoms with Crippen molar-refractivity contribution in [2.75, 3.05) is 19.6 Å². The van der Waals surface area contributed by atoms with Crippen molar-refractivity contribution in [1.29, 1.82) is 0 Å². The van der Waals surface area contributed by atoms with Gasteiger partial charge in [-0.15, -0.1) is 0 Å². The van der Waals surface area contributed by atoms with Crippen LogP contribution in [0.15, 0.2) is 24.5 Å². The molecule has 16 heavy (non-hydrogen) atoms. The van der Waals surface area contributed by atoms with Gasteiger partial charge in [-0.25, -0.2) is 0 Å². The highest BCUT2D eigenvalue weighted by atomic mass is 16.2. The molecule has 1 aromatic heterocycles. The Hall–Kier alpha value is -1.42. The summed E-state index contributed by atoms with van der Waals surface area (Å²) in [5.41, 5.74) is 1.03. The maximum Gasteiger partial charge on any atom is 0.227 e. The van der Waals surface area contributed by atoms with Crippen LogP contribution in [0.25, 0.3) is 0 Å². The second-order valence-electron chi connectivity index (χ2n) is 4.17. The van der Waals surface area contributed by atoms with Gasteiger partial charge in [-0.3, -0.25) is 9.78 Å². The van der Waals surface area contributed by atoms with Crippen LogP contribution in [-0.2, 0) is 11.2 Å². The summed E-state index contributed by atoms with van der Waals surface area (Å²) in [6, 6.07) is 4.08. The van der Waals surface area contributed by atoms with E-state index >= 15 is 0 Å². The van der Waals surface area contributed by atoms with Gasteiger partial charge in [0.25, 0.3) is 0 Å². The summed E-state index contributed by atoms with van der Waals surface area (Å²) in [7, 11) is 0. The Bertz CT molecular complexity index is 353. The van der Waals surface area contributed by atoms with Gasteiger partial charge in [0, 0.05) is 38.1 Å². The van der Waals surface area contributed by atoms with Crippen LogP contribution < -0.4 is 5.32 Å². The van der Waals surface area contributed by atoms with Gasteiger partial charge < -0.3 is 10.2 Å². The molecule has 1 aliphatic heterocycles. The minimum Gasteiger partial charge on any atom is -0.337 e. The summed E-state index contributed by atoms with van der Waals surface area (Å²) < 4.78 is 0. The molecule has 1 aliphatic rings. The Morgan fingerprint density at radius 1 is 1.56 bits per heavy atom. The topological polar surface area (TPSA) is 45.2 Å². The van der Waals surface area contributed by atoms with Crippen LogP contribution in [0.2, 0.25) is 0 Å². The molecule has 0 aliphatic carbocycles. The van der Waals surface area contributed by atoms with Crippen molar-refractivity contribution < 1.29 is 4.79 Å². The second kappa shape index (κ2) is 5.07. The molecular weight excluding hydrogens is 202 g/mol. The smallest absolute Gasteiger partial charge is 0.227 e. The molecule has 0 spiro atoms. The lowest BCUT2D eigenvalue weighted by atomic mass is 10.1. The number of hydrogen-bond acceptors (Lipinski definition) is 3. The first-order valence-corrected chi connectivity index (χ1v) is 5.66. The molecule has 0 unspecified atom stereocenters. The Morgan fingerprint density at radius 3 is 3.00 bits per heavy atom. The van der Waals surface area contributed by atoms with Gasteiger partial charge in [0.05, 0.1) is 6.42 Å². The van der Waals surface area contributed by atoms with E-state index in [4.69, 9.17) is 0 Å². The molecule has 1 atom stereocenters. The monoisotopic (exact) mass is 219 g/mol. The van der Waals surface area contributed by atoms with E-state index in [0.717, 1.165) is 25.2 Å². The van der Waals surface area contributed by atoms with Crippen molar-refractivity contribution >= 4 is 5.91 Å². The number of hydrogen-bond donors (Lipinski definition) is 1. The summed E-state index contributed by atoms with van der Waals surface area (Å²) >= 11 is 0. The number of carbonyl (C=O) groups excluding carboxylic acids is 1. The Labute approximate surface area is 95.7 Å². The van der Waals surface area contributed by atoms with Gasteiger partial charge in [0.1, 0.15) is 0 Å². The second-order valence-corrected chi connectivity index (χ2v) is 4.17. The van der Waals surface area contributed by atoms with Crippen molar-refractivity contribution in [2.45, 2.75) is 19.4 Å². The molecule has 0 bridgehead atoms. The normalized spacial score (nSPS) is 20.8. The molecule has 86 valence electrons. The quantitative estimate of drug-likeness (QED) is 0.785. The molecule has 0 aromatic carbocycles. The van der Waals surface area contributed by atoms with Crippen LogP contribution in [0.1, 0.15) is 12.5 Å². The van der Waals surface area contributed by atoms with Gasteiger partial charge >= 0.3 is 0 Å². The molecule has 4 nitrogen and oxygen atoms in total. The third kappa shape index (κ3) is 2.58. The fraction of sp³-hybridized carbons (Fsp3) is 0.500. The molecule has 0 saturated carbocycles. The lowest BCUT2D eigenvalue weighted by Crippen LogP contribution is -2.52. The van der Waals surface area contributed by atoms with Gasteiger partial charge in [0.15, 0.2) is 0 Å². The van der Waals surface area contributed by atoms with Gasteiger partial charge in [0.2, 0.25) is 5.91 Å². The van der Waals surface area contributed by atoms with Crippen molar-refractivity contribution in [1.82, 2.24) is 15.2 Å². The van der Waals surface area contributed by atoms with Crippen LogP contribution in [0.3, 0.4) is 0 Å². The molecule has 1 N–H and O–H groups in total. The van der Waals surface area contributed by atoms with E-state index in [1.54, 1.807) is 12.4 Å². The van der Waals surface area contributed by atoms with Crippen LogP contribution >= 0.6 is 0 Å². The Kier molecular flexibility index (Phi) is 3.51. The van der Waals surface area contributed by atoms with Crippen LogP contribution in [0.5, 0.6) is 0 Å². The molecule has 1 saturated heterocycles. The minimum absolute atomic E-state index is 0.209. The Balaban J connectivity index is 1.97. The SMILES string of the molecule is C[C@H]1CNCCN1C(=O)Cc1ccncc1. The average Bonchev–Trinajstić information content (AvgIpc) is 2.31. The maximum absolute atomic E-state index is 12.1. The third-order valence-electron chi connectivity index (χ3n) is 2.93. The standard InChI is InChI=1S/C12H17N3O/c1-10-9-14-6-7-15(10)12(16)8-11-2-4-13-5-3-11/h2-5,10,14H,6-9H2,1H3/t10-/m0/s1. The number of pyridine rings is 1. The highest BCUT2D eigenvalue weighted by Crippen LogP contribution is 2.07. The number of piperazine rings is 1. The molecule has 0 radical (unpaired) electrons. The fourth-order valence-corrected chi connectivity index (χ4v) is 1.99. The molecule has 2 heterocycles. The molecule has 4 heteroatoms. The van der Waals surface area contributed by atoms with Crippen LogP contribution in [0.4, 0.5) is 0 Å². The summed E-state index contributed by atoms with van der Waals surface area (Å²) in [6.45, 7) is 4.68. The van der Waals surface area contributed by atoms with E-state index in [1.807, 2.05) is 17.0 Å². The van der Waals surface area contributed by atoms with Gasteiger partial charge in [-0.2, -0.15) is 0 Å². The van der Waals surface area contributed by atoms with Gasteiger partial charge in [-0.05, 0) is 24.6 Å². The number of rotatable bonds is 2. The zero-order chi connectivity index (χ0) is 11.4. The lowest BCUT2D eigenvalue weighted by molar-refractivity contribution is -0.133. The summed E-state index contributed by atoms with van der Waals surface area (Å²) in [5.74, 6) is 0.209. The first-order valence-electron chi connectivity index (χ1n) is 5.66. The zero-order valence-corrected chi connectivity index (χ0v) is 9.52. The van der Waals surface area contributed by atoms with Crippen molar-refractivity contribution in [3.63, 3.8) is 0 Å². The first-order chi connectivity index (χ1) is 7.77. The lowest BCUT2D eigenvalue weighted by Gasteiger charge is -2.34. The minimum atomic E-state index is 0.209. The average molecular weight is 219 g/mol. The first kappa shape index (κ1) is 11.1. The molecule has 2 rings (SSSR count). The predicted molar refractivity (Wildman–Crippen MR) is 62.0 cm³/mol. The molecular formula is C12H17N3O. The van der Waals surface area contributed by atoms with E-state index in [0.29, 0.717) is 12.5 Å². The summed E-state index contributed by atoms with van der Waals surface area (Å²) in [5, 5.41) is 3.28. The summed E-state index contributed by atoms with van der Waals surface area (Å²) in [4.78, 5) is 18.0.